The molecule has 2 aromatic rings. The Hall–Kier alpha value is -2.08. The summed E-state index contributed by atoms with van der Waals surface area (Å²) in [5, 5.41) is 13.7. The molecule has 0 aliphatic heterocycles. The summed E-state index contributed by atoms with van der Waals surface area (Å²) in [4.78, 5) is 0. The van der Waals surface area contributed by atoms with Crippen LogP contribution < -0.4 is 0 Å². The van der Waals surface area contributed by atoms with Crippen LogP contribution in [0.5, 0.6) is 0 Å². The predicted molar refractivity (Wildman–Crippen MR) is 71.2 cm³/mol. The normalized spacial score (nSPS) is 10.3. The molecule has 1 heterocycles. The molecule has 92 valence electrons. The van der Waals surface area contributed by atoms with E-state index in [1.807, 2.05) is 28.9 Å². The maximum absolute atomic E-state index is 9.09. The van der Waals surface area contributed by atoms with Crippen LogP contribution in [0.3, 0.4) is 0 Å². The predicted octanol–water partition coefficient (Wildman–Crippen LogP) is 2.93. The van der Waals surface area contributed by atoms with E-state index in [-0.39, 0.29) is 0 Å². The highest BCUT2D eigenvalue weighted by Crippen LogP contribution is 2.13. The topological polar surface area (TPSA) is 41.6 Å². The Morgan fingerprint density at radius 3 is 2.67 bits per heavy atom. The lowest BCUT2D eigenvalue weighted by atomic mass is 10.1. The molecule has 0 amide bonds. The molecule has 0 saturated heterocycles. The summed E-state index contributed by atoms with van der Waals surface area (Å²) >= 11 is 0. The molecule has 18 heavy (non-hydrogen) atoms. The Labute approximate surface area is 108 Å². The highest BCUT2D eigenvalue weighted by atomic mass is 15.3. The molecular formula is C15H17N3. The van der Waals surface area contributed by atoms with Gasteiger partial charge in [-0.2, -0.15) is 10.4 Å². The van der Waals surface area contributed by atoms with Crippen molar-refractivity contribution in [2.24, 2.45) is 0 Å². The maximum Gasteiger partial charge on any atom is 0.0995 e. The quantitative estimate of drug-likeness (QED) is 0.823. The molecule has 0 fully saturated rings. The maximum atomic E-state index is 9.09. The molecule has 0 unspecified atom stereocenters. The van der Waals surface area contributed by atoms with Crippen LogP contribution in [-0.2, 0) is 19.4 Å². The second-order valence-corrected chi connectivity index (χ2v) is 4.26. The van der Waals surface area contributed by atoms with Crippen molar-refractivity contribution in [2.45, 2.75) is 33.2 Å². The molecular weight excluding hydrogens is 222 g/mol. The Balaban J connectivity index is 2.34. The number of nitriles is 1. The Bertz CT molecular complexity index is 576. The first-order chi connectivity index (χ1) is 8.78. The van der Waals surface area contributed by atoms with Gasteiger partial charge in [-0.25, -0.2) is 0 Å². The molecule has 0 atom stereocenters. The molecule has 2 rings (SSSR count). The standard InChI is InChI=1S/C15H17N3/c1-3-14-9-15(4-2)18(17-14)11-13-8-6-5-7-12(13)10-16/h5-9H,3-4,11H2,1-2H3. The third kappa shape index (κ3) is 2.43. The summed E-state index contributed by atoms with van der Waals surface area (Å²) in [5.41, 5.74) is 4.09. The zero-order valence-electron chi connectivity index (χ0n) is 10.8. The van der Waals surface area contributed by atoms with Gasteiger partial charge >= 0.3 is 0 Å². The number of aryl methyl sites for hydroxylation is 2. The molecule has 0 spiro atoms. The third-order valence-electron chi connectivity index (χ3n) is 3.10. The zero-order chi connectivity index (χ0) is 13.0. The van der Waals surface area contributed by atoms with Crippen molar-refractivity contribution < 1.29 is 0 Å². The Morgan fingerprint density at radius 1 is 1.22 bits per heavy atom. The number of rotatable bonds is 4. The van der Waals surface area contributed by atoms with Gasteiger partial charge < -0.3 is 0 Å². The summed E-state index contributed by atoms with van der Waals surface area (Å²) in [5.74, 6) is 0. The van der Waals surface area contributed by atoms with Crippen LogP contribution in [0.1, 0.15) is 36.4 Å². The van der Waals surface area contributed by atoms with E-state index in [9.17, 15) is 0 Å². The smallest absolute Gasteiger partial charge is 0.0995 e. The number of hydrogen-bond acceptors (Lipinski definition) is 2. The van der Waals surface area contributed by atoms with Gasteiger partial charge in [0.2, 0.25) is 0 Å². The Morgan fingerprint density at radius 2 is 2.00 bits per heavy atom. The lowest BCUT2D eigenvalue weighted by Gasteiger charge is -2.07. The van der Waals surface area contributed by atoms with Gasteiger partial charge in [-0.1, -0.05) is 32.0 Å². The van der Waals surface area contributed by atoms with Gasteiger partial charge in [0.25, 0.3) is 0 Å². The van der Waals surface area contributed by atoms with Crippen molar-refractivity contribution in [1.82, 2.24) is 9.78 Å². The zero-order valence-corrected chi connectivity index (χ0v) is 10.8. The highest BCUT2D eigenvalue weighted by Gasteiger charge is 2.08. The molecule has 3 nitrogen and oxygen atoms in total. The van der Waals surface area contributed by atoms with E-state index in [0.29, 0.717) is 6.54 Å². The van der Waals surface area contributed by atoms with Gasteiger partial charge in [0.15, 0.2) is 0 Å². The van der Waals surface area contributed by atoms with Gasteiger partial charge in [-0.05, 0) is 30.5 Å². The van der Waals surface area contributed by atoms with Crippen LogP contribution in [0.4, 0.5) is 0 Å². The number of aromatic nitrogens is 2. The van der Waals surface area contributed by atoms with Crippen molar-refractivity contribution in [1.29, 1.82) is 5.26 Å². The van der Waals surface area contributed by atoms with Crippen molar-refractivity contribution in [3.63, 3.8) is 0 Å². The first-order valence-corrected chi connectivity index (χ1v) is 6.32. The van der Waals surface area contributed by atoms with E-state index in [0.717, 1.165) is 29.7 Å². The van der Waals surface area contributed by atoms with E-state index >= 15 is 0 Å². The molecule has 1 aromatic heterocycles. The molecule has 3 heteroatoms. The van der Waals surface area contributed by atoms with Gasteiger partial charge in [-0.3, -0.25) is 4.68 Å². The van der Waals surface area contributed by atoms with E-state index in [2.05, 4.69) is 31.1 Å². The number of hydrogen-bond donors (Lipinski definition) is 0. The Kier molecular flexibility index (Phi) is 3.78. The summed E-state index contributed by atoms with van der Waals surface area (Å²) in [6.45, 7) is 4.91. The summed E-state index contributed by atoms with van der Waals surface area (Å²) < 4.78 is 2.01. The van der Waals surface area contributed by atoms with Crippen LogP contribution in [-0.4, -0.2) is 9.78 Å². The molecule has 0 N–H and O–H groups in total. The fourth-order valence-electron chi connectivity index (χ4n) is 2.04. The van der Waals surface area contributed by atoms with Crippen LogP contribution in [0.25, 0.3) is 0 Å². The minimum Gasteiger partial charge on any atom is -0.265 e. The SMILES string of the molecule is CCc1cc(CC)n(Cc2ccccc2C#N)n1. The summed E-state index contributed by atoms with van der Waals surface area (Å²) in [7, 11) is 0. The molecule has 0 saturated carbocycles. The van der Waals surface area contributed by atoms with Crippen LogP contribution in [0, 0.1) is 11.3 Å². The first-order valence-electron chi connectivity index (χ1n) is 6.32. The molecule has 1 aromatic carbocycles. The molecule has 0 bridgehead atoms. The van der Waals surface area contributed by atoms with Crippen molar-refractivity contribution >= 4 is 0 Å². The van der Waals surface area contributed by atoms with Crippen molar-refractivity contribution in [3.8, 4) is 6.07 Å². The van der Waals surface area contributed by atoms with Gasteiger partial charge in [-0.15, -0.1) is 0 Å². The fraction of sp³-hybridized carbons (Fsp3) is 0.333. The average molecular weight is 239 g/mol. The lowest BCUT2D eigenvalue weighted by Crippen LogP contribution is -2.07. The number of benzene rings is 1. The molecule has 0 aliphatic rings. The van der Waals surface area contributed by atoms with Crippen molar-refractivity contribution in [2.75, 3.05) is 0 Å². The minimum absolute atomic E-state index is 0.674. The minimum atomic E-state index is 0.674. The monoisotopic (exact) mass is 239 g/mol. The van der Waals surface area contributed by atoms with E-state index in [1.165, 1.54) is 5.69 Å². The summed E-state index contributed by atoms with van der Waals surface area (Å²) in [6.07, 6.45) is 1.90. The number of nitrogens with zero attached hydrogens (tertiary/aromatic N) is 3. The second-order valence-electron chi connectivity index (χ2n) is 4.26. The van der Waals surface area contributed by atoms with E-state index < -0.39 is 0 Å². The van der Waals surface area contributed by atoms with Gasteiger partial charge in [0, 0.05) is 5.69 Å². The van der Waals surface area contributed by atoms with Gasteiger partial charge in [0.1, 0.15) is 0 Å². The largest absolute Gasteiger partial charge is 0.265 e. The van der Waals surface area contributed by atoms with Crippen LogP contribution in [0.15, 0.2) is 30.3 Å². The second kappa shape index (κ2) is 5.50. The first kappa shape index (κ1) is 12.4. The van der Waals surface area contributed by atoms with Crippen LogP contribution >= 0.6 is 0 Å². The van der Waals surface area contributed by atoms with Crippen molar-refractivity contribution in [3.05, 3.63) is 52.8 Å². The fourth-order valence-corrected chi connectivity index (χ4v) is 2.04. The van der Waals surface area contributed by atoms with Crippen LogP contribution in [0.2, 0.25) is 0 Å². The lowest BCUT2D eigenvalue weighted by molar-refractivity contribution is 0.639. The average Bonchev–Trinajstić information content (AvgIpc) is 2.81. The third-order valence-corrected chi connectivity index (χ3v) is 3.10. The molecule has 0 aliphatic carbocycles. The van der Waals surface area contributed by atoms with E-state index in [1.54, 1.807) is 0 Å². The molecule has 0 radical (unpaired) electrons. The highest BCUT2D eigenvalue weighted by molar-refractivity contribution is 5.37. The van der Waals surface area contributed by atoms with Gasteiger partial charge in [0.05, 0.1) is 23.9 Å². The summed E-state index contributed by atoms with van der Waals surface area (Å²) in [6, 6.07) is 12.1. The van der Waals surface area contributed by atoms with E-state index in [4.69, 9.17) is 5.26 Å².